The highest BCUT2D eigenvalue weighted by Crippen LogP contribution is 2.18. The van der Waals surface area contributed by atoms with E-state index < -0.39 is 0 Å². The van der Waals surface area contributed by atoms with Crippen molar-refractivity contribution >= 4 is 0 Å². The van der Waals surface area contributed by atoms with Crippen LogP contribution in [0.5, 0.6) is 0 Å². The molecule has 0 amide bonds. The summed E-state index contributed by atoms with van der Waals surface area (Å²) in [6.45, 7) is 6.68. The lowest BCUT2D eigenvalue weighted by Gasteiger charge is -2.28. The molecule has 1 rings (SSSR count). The summed E-state index contributed by atoms with van der Waals surface area (Å²) in [5, 5.41) is 3.40. The molecule has 0 radical (unpaired) electrons. The van der Waals surface area contributed by atoms with Crippen molar-refractivity contribution in [3.63, 3.8) is 0 Å². The monoisotopic (exact) mass is 199 g/mol. The third kappa shape index (κ3) is 4.94. The van der Waals surface area contributed by atoms with Gasteiger partial charge in [-0.1, -0.05) is 0 Å². The summed E-state index contributed by atoms with van der Waals surface area (Å²) in [6.07, 6.45) is 4.06. The smallest absolute Gasteiger partial charge is 0.0136 e. The minimum atomic E-state index is 0.285. The van der Waals surface area contributed by atoms with E-state index in [1.807, 2.05) is 6.92 Å². The predicted molar refractivity (Wildman–Crippen MR) is 61.4 cm³/mol. The Balaban J connectivity index is 1.96. The summed E-state index contributed by atoms with van der Waals surface area (Å²) in [7, 11) is 2.21. The van der Waals surface area contributed by atoms with Crippen LogP contribution in [0.4, 0.5) is 0 Å². The second-order valence-electron chi connectivity index (χ2n) is 4.72. The zero-order valence-corrected chi connectivity index (χ0v) is 9.63. The molecule has 14 heavy (non-hydrogen) atoms. The number of rotatable bonds is 5. The molecule has 3 heteroatoms. The van der Waals surface area contributed by atoms with Crippen LogP contribution in [0.3, 0.4) is 0 Å². The van der Waals surface area contributed by atoms with Gasteiger partial charge in [0, 0.05) is 12.6 Å². The Hall–Kier alpha value is -0.120. The number of nitrogens with one attached hydrogen (secondary N) is 1. The molecule has 0 aromatic heterocycles. The van der Waals surface area contributed by atoms with Crippen LogP contribution in [0.25, 0.3) is 0 Å². The molecule has 1 unspecified atom stereocenters. The zero-order chi connectivity index (χ0) is 10.4. The van der Waals surface area contributed by atoms with Gasteiger partial charge in [0.05, 0.1) is 0 Å². The fourth-order valence-electron chi connectivity index (χ4n) is 1.99. The third-order valence-electron chi connectivity index (χ3n) is 3.03. The lowest BCUT2D eigenvalue weighted by Crippen LogP contribution is -2.34. The largest absolute Gasteiger partial charge is 0.327 e. The molecule has 0 bridgehead atoms. The Morgan fingerprint density at radius 1 is 1.43 bits per heavy atom. The molecule has 0 spiro atoms. The molecular formula is C11H25N3. The fourth-order valence-corrected chi connectivity index (χ4v) is 1.99. The van der Waals surface area contributed by atoms with E-state index in [0.29, 0.717) is 0 Å². The number of likely N-dealkylation sites (tertiary alicyclic amines) is 1. The van der Waals surface area contributed by atoms with Crippen LogP contribution in [-0.4, -0.2) is 44.2 Å². The first-order chi connectivity index (χ1) is 6.68. The fraction of sp³-hybridized carbons (Fsp3) is 1.00. The minimum absolute atomic E-state index is 0.285. The zero-order valence-electron chi connectivity index (χ0n) is 9.63. The van der Waals surface area contributed by atoms with Gasteiger partial charge in [-0.05, 0) is 58.8 Å². The Morgan fingerprint density at radius 3 is 2.64 bits per heavy atom. The Morgan fingerprint density at radius 2 is 2.07 bits per heavy atom. The van der Waals surface area contributed by atoms with Crippen molar-refractivity contribution in [3.8, 4) is 0 Å². The number of nitrogens with two attached hydrogens (primary N) is 1. The summed E-state index contributed by atoms with van der Waals surface area (Å²) in [5.41, 5.74) is 5.66. The van der Waals surface area contributed by atoms with Gasteiger partial charge in [0.25, 0.3) is 0 Å². The molecule has 1 aliphatic heterocycles. The molecule has 1 heterocycles. The molecule has 3 N–H and O–H groups in total. The van der Waals surface area contributed by atoms with E-state index in [1.165, 1.54) is 32.4 Å². The summed E-state index contributed by atoms with van der Waals surface area (Å²) >= 11 is 0. The molecule has 1 atom stereocenters. The van der Waals surface area contributed by atoms with E-state index in [-0.39, 0.29) is 6.04 Å². The average Bonchev–Trinajstić information content (AvgIpc) is 2.15. The number of piperidine rings is 1. The highest BCUT2D eigenvalue weighted by Gasteiger charge is 2.15. The van der Waals surface area contributed by atoms with Crippen molar-refractivity contribution in [1.29, 1.82) is 0 Å². The van der Waals surface area contributed by atoms with Gasteiger partial charge in [-0.15, -0.1) is 0 Å². The van der Waals surface area contributed by atoms with Gasteiger partial charge in [-0.25, -0.2) is 0 Å². The Kier molecular flexibility index (Phi) is 5.45. The van der Waals surface area contributed by atoms with Crippen molar-refractivity contribution < 1.29 is 0 Å². The topological polar surface area (TPSA) is 41.3 Å². The molecule has 1 saturated heterocycles. The van der Waals surface area contributed by atoms with Crippen molar-refractivity contribution in [1.82, 2.24) is 10.2 Å². The normalized spacial score (nSPS) is 22.5. The van der Waals surface area contributed by atoms with Gasteiger partial charge >= 0.3 is 0 Å². The standard InChI is InChI=1S/C11H25N3/c1-10(12)9-13-6-3-11-4-7-14(2)8-5-11/h10-11,13H,3-9,12H2,1-2H3. The highest BCUT2D eigenvalue weighted by atomic mass is 15.1. The SMILES string of the molecule is CC(N)CNCCC1CCN(C)CC1. The second-order valence-corrected chi connectivity index (χ2v) is 4.72. The van der Waals surface area contributed by atoms with E-state index >= 15 is 0 Å². The van der Waals surface area contributed by atoms with Crippen molar-refractivity contribution in [2.24, 2.45) is 11.7 Å². The maximum Gasteiger partial charge on any atom is 0.0136 e. The first-order valence-electron chi connectivity index (χ1n) is 5.83. The first-order valence-corrected chi connectivity index (χ1v) is 5.83. The van der Waals surface area contributed by atoms with Crippen LogP contribution < -0.4 is 11.1 Å². The van der Waals surface area contributed by atoms with Crippen molar-refractivity contribution in [3.05, 3.63) is 0 Å². The number of hydrogen-bond donors (Lipinski definition) is 2. The first kappa shape index (κ1) is 12.0. The van der Waals surface area contributed by atoms with Crippen molar-refractivity contribution in [2.75, 3.05) is 33.2 Å². The van der Waals surface area contributed by atoms with E-state index in [4.69, 9.17) is 5.73 Å². The Bertz CT molecular complexity index is 139. The van der Waals surface area contributed by atoms with E-state index in [0.717, 1.165) is 19.0 Å². The molecule has 3 nitrogen and oxygen atoms in total. The maximum atomic E-state index is 5.66. The third-order valence-corrected chi connectivity index (χ3v) is 3.03. The lowest BCUT2D eigenvalue weighted by atomic mass is 9.94. The van der Waals surface area contributed by atoms with E-state index in [1.54, 1.807) is 0 Å². The lowest BCUT2D eigenvalue weighted by molar-refractivity contribution is 0.211. The summed E-state index contributed by atoms with van der Waals surface area (Å²) in [5.74, 6) is 0.937. The second kappa shape index (κ2) is 6.38. The molecule has 0 aromatic rings. The summed E-state index contributed by atoms with van der Waals surface area (Å²) < 4.78 is 0. The van der Waals surface area contributed by atoms with Gasteiger partial charge in [0.15, 0.2) is 0 Å². The van der Waals surface area contributed by atoms with Crippen LogP contribution in [-0.2, 0) is 0 Å². The summed E-state index contributed by atoms with van der Waals surface area (Å²) in [4.78, 5) is 2.42. The van der Waals surface area contributed by atoms with Crippen LogP contribution in [0.1, 0.15) is 26.2 Å². The quantitative estimate of drug-likeness (QED) is 0.639. The highest BCUT2D eigenvalue weighted by molar-refractivity contribution is 4.71. The van der Waals surface area contributed by atoms with Crippen molar-refractivity contribution in [2.45, 2.75) is 32.2 Å². The molecule has 0 saturated carbocycles. The minimum Gasteiger partial charge on any atom is -0.327 e. The van der Waals surface area contributed by atoms with Crippen LogP contribution in [0, 0.1) is 5.92 Å². The van der Waals surface area contributed by atoms with Gasteiger partial charge in [-0.3, -0.25) is 0 Å². The van der Waals surface area contributed by atoms with Gasteiger partial charge in [0.1, 0.15) is 0 Å². The molecule has 1 fully saturated rings. The maximum absolute atomic E-state index is 5.66. The number of nitrogens with zero attached hydrogens (tertiary/aromatic N) is 1. The molecule has 1 aliphatic rings. The van der Waals surface area contributed by atoms with E-state index in [2.05, 4.69) is 17.3 Å². The van der Waals surface area contributed by atoms with E-state index in [9.17, 15) is 0 Å². The molecule has 0 aromatic carbocycles. The predicted octanol–water partition coefficient (Wildman–Crippen LogP) is 0.655. The average molecular weight is 199 g/mol. The van der Waals surface area contributed by atoms with Crippen LogP contribution in [0.2, 0.25) is 0 Å². The van der Waals surface area contributed by atoms with Gasteiger partial charge in [-0.2, -0.15) is 0 Å². The Labute approximate surface area is 88.0 Å². The molecule has 0 aliphatic carbocycles. The van der Waals surface area contributed by atoms with Crippen LogP contribution in [0.15, 0.2) is 0 Å². The summed E-state index contributed by atoms with van der Waals surface area (Å²) in [6, 6.07) is 0.285. The van der Waals surface area contributed by atoms with Gasteiger partial charge < -0.3 is 16.0 Å². The van der Waals surface area contributed by atoms with Gasteiger partial charge in [0.2, 0.25) is 0 Å². The molecular weight excluding hydrogens is 174 g/mol. The van der Waals surface area contributed by atoms with Crippen LogP contribution >= 0.6 is 0 Å². The number of hydrogen-bond acceptors (Lipinski definition) is 3. The molecule has 84 valence electrons.